The van der Waals surface area contributed by atoms with E-state index in [2.05, 4.69) is 4.90 Å². The molecule has 0 bridgehead atoms. The van der Waals surface area contributed by atoms with Crippen LogP contribution in [0.15, 0.2) is 16.7 Å². The molecule has 0 aliphatic rings. The molecule has 0 saturated heterocycles. The minimum atomic E-state index is -0.0995. The van der Waals surface area contributed by atoms with Gasteiger partial charge in [0.15, 0.2) is 0 Å². The Bertz CT molecular complexity index is 350. The minimum Gasteiger partial charge on any atom is -0.452 e. The third-order valence-corrected chi connectivity index (χ3v) is 2.59. The predicted octanol–water partition coefficient (Wildman–Crippen LogP) is 1.96. The largest absolute Gasteiger partial charge is 0.452 e. The summed E-state index contributed by atoms with van der Waals surface area (Å²) in [4.78, 5) is 15.6. The van der Waals surface area contributed by atoms with E-state index >= 15 is 0 Å². The minimum absolute atomic E-state index is 0.0995. The lowest BCUT2D eigenvalue weighted by Crippen LogP contribution is -2.29. The number of carbonyl (C=O) groups is 1. The van der Waals surface area contributed by atoms with Gasteiger partial charge in [-0.2, -0.15) is 0 Å². The zero-order valence-corrected chi connectivity index (χ0v) is 10.6. The molecule has 0 fully saturated rings. The van der Waals surface area contributed by atoms with Crippen LogP contribution in [-0.4, -0.2) is 49.9 Å². The van der Waals surface area contributed by atoms with Gasteiger partial charge in [-0.1, -0.05) is 0 Å². The molecule has 0 aliphatic carbocycles. The molecule has 0 saturated carbocycles. The highest BCUT2D eigenvalue weighted by atomic mass is 35.5. The third kappa shape index (κ3) is 3.54. The third-order valence-electron chi connectivity index (χ3n) is 2.29. The molecule has 1 rings (SSSR count). The Morgan fingerprint density at radius 1 is 1.38 bits per heavy atom. The average Bonchev–Trinajstić information content (AvgIpc) is 2.62. The van der Waals surface area contributed by atoms with Crippen molar-refractivity contribution in [2.24, 2.45) is 0 Å². The molecule has 1 aromatic heterocycles. The molecule has 0 radical (unpaired) electrons. The van der Waals surface area contributed by atoms with E-state index < -0.39 is 0 Å². The van der Waals surface area contributed by atoms with Gasteiger partial charge < -0.3 is 14.2 Å². The number of halogens is 1. The molecular weight excluding hydrogens is 228 g/mol. The van der Waals surface area contributed by atoms with Crippen LogP contribution in [0.3, 0.4) is 0 Å². The van der Waals surface area contributed by atoms with Crippen LogP contribution in [0.4, 0.5) is 0 Å². The van der Waals surface area contributed by atoms with Crippen molar-refractivity contribution in [3.8, 4) is 0 Å². The Morgan fingerprint density at radius 2 is 2.06 bits per heavy atom. The molecule has 1 amide bonds. The van der Waals surface area contributed by atoms with E-state index in [1.54, 1.807) is 18.0 Å². The monoisotopic (exact) mass is 244 g/mol. The van der Waals surface area contributed by atoms with Gasteiger partial charge in [-0.3, -0.25) is 4.79 Å². The van der Waals surface area contributed by atoms with Crippen LogP contribution in [0.2, 0.25) is 5.22 Å². The lowest BCUT2D eigenvalue weighted by molar-refractivity contribution is 0.0790. The molecular formula is C11H17ClN2O2. The van der Waals surface area contributed by atoms with Crippen LogP contribution < -0.4 is 0 Å². The number of carbonyl (C=O) groups excluding carboxylic acids is 1. The van der Waals surface area contributed by atoms with Crippen molar-refractivity contribution in [3.63, 3.8) is 0 Å². The summed E-state index contributed by atoms with van der Waals surface area (Å²) in [6.45, 7) is 1.66. The lowest BCUT2D eigenvalue weighted by atomic mass is 10.3. The van der Waals surface area contributed by atoms with Gasteiger partial charge in [0.2, 0.25) is 5.22 Å². The van der Waals surface area contributed by atoms with E-state index in [4.69, 9.17) is 16.0 Å². The summed E-state index contributed by atoms with van der Waals surface area (Å²) in [5.74, 6) is -0.0995. The maximum absolute atomic E-state index is 11.9. The van der Waals surface area contributed by atoms with Crippen molar-refractivity contribution in [2.75, 3.05) is 34.2 Å². The van der Waals surface area contributed by atoms with Crippen molar-refractivity contribution < 1.29 is 9.21 Å². The molecule has 0 spiro atoms. The van der Waals surface area contributed by atoms with E-state index in [1.165, 1.54) is 6.26 Å². The van der Waals surface area contributed by atoms with Crippen molar-refractivity contribution in [3.05, 3.63) is 23.1 Å². The Morgan fingerprint density at radius 3 is 2.56 bits per heavy atom. The van der Waals surface area contributed by atoms with Gasteiger partial charge in [0.25, 0.3) is 5.91 Å². The van der Waals surface area contributed by atoms with Gasteiger partial charge in [0, 0.05) is 13.6 Å². The van der Waals surface area contributed by atoms with E-state index in [-0.39, 0.29) is 11.1 Å². The Hall–Kier alpha value is -1.00. The number of hydrogen-bond acceptors (Lipinski definition) is 3. The maximum atomic E-state index is 11.9. The molecule has 0 unspecified atom stereocenters. The normalized spacial score (nSPS) is 10.8. The summed E-state index contributed by atoms with van der Waals surface area (Å²) in [5, 5.41) is 0.157. The molecule has 0 aromatic carbocycles. The Labute approximate surface area is 101 Å². The van der Waals surface area contributed by atoms with Crippen molar-refractivity contribution in [2.45, 2.75) is 6.42 Å². The van der Waals surface area contributed by atoms with E-state index in [0.29, 0.717) is 12.1 Å². The van der Waals surface area contributed by atoms with Gasteiger partial charge in [0.1, 0.15) is 0 Å². The van der Waals surface area contributed by atoms with Crippen LogP contribution in [-0.2, 0) is 0 Å². The second kappa shape index (κ2) is 5.92. The smallest absolute Gasteiger partial charge is 0.258 e. The number of furan rings is 1. The molecule has 1 heterocycles. The zero-order valence-electron chi connectivity index (χ0n) is 9.86. The van der Waals surface area contributed by atoms with Crippen LogP contribution in [0.25, 0.3) is 0 Å². The fourth-order valence-corrected chi connectivity index (χ4v) is 1.57. The highest BCUT2D eigenvalue weighted by Crippen LogP contribution is 2.18. The highest BCUT2D eigenvalue weighted by Gasteiger charge is 2.16. The molecule has 0 aliphatic heterocycles. The standard InChI is InChI=1S/C11H17ClN2O2/c1-13(2)6-4-7-14(3)11(15)9-5-8-16-10(9)12/h5,8H,4,6-7H2,1-3H3. The quantitative estimate of drug-likeness (QED) is 0.795. The summed E-state index contributed by atoms with van der Waals surface area (Å²) in [7, 11) is 5.78. The number of nitrogens with zero attached hydrogens (tertiary/aromatic N) is 2. The van der Waals surface area contributed by atoms with Gasteiger partial charge in [0.05, 0.1) is 11.8 Å². The van der Waals surface area contributed by atoms with Crippen LogP contribution in [0.5, 0.6) is 0 Å². The molecule has 5 heteroatoms. The fourth-order valence-electron chi connectivity index (χ4n) is 1.38. The first-order chi connectivity index (χ1) is 7.52. The SMILES string of the molecule is CN(C)CCCN(C)C(=O)c1ccoc1Cl. The Balaban J connectivity index is 2.46. The highest BCUT2D eigenvalue weighted by molar-refractivity contribution is 6.32. The number of rotatable bonds is 5. The maximum Gasteiger partial charge on any atom is 0.258 e. The fraction of sp³-hybridized carbons (Fsp3) is 0.545. The number of hydrogen-bond donors (Lipinski definition) is 0. The van der Waals surface area contributed by atoms with Crippen molar-refractivity contribution in [1.82, 2.24) is 9.80 Å². The second-order valence-electron chi connectivity index (χ2n) is 3.99. The van der Waals surface area contributed by atoms with Crippen LogP contribution in [0.1, 0.15) is 16.8 Å². The summed E-state index contributed by atoms with van der Waals surface area (Å²) < 4.78 is 4.89. The summed E-state index contributed by atoms with van der Waals surface area (Å²) in [6.07, 6.45) is 2.36. The van der Waals surface area contributed by atoms with E-state index in [9.17, 15) is 4.79 Å². The summed E-state index contributed by atoms with van der Waals surface area (Å²) >= 11 is 5.74. The van der Waals surface area contributed by atoms with Gasteiger partial charge in [-0.05, 0) is 44.7 Å². The van der Waals surface area contributed by atoms with Gasteiger partial charge >= 0.3 is 0 Å². The van der Waals surface area contributed by atoms with Crippen molar-refractivity contribution >= 4 is 17.5 Å². The number of amides is 1. The molecule has 0 N–H and O–H groups in total. The van der Waals surface area contributed by atoms with E-state index in [0.717, 1.165) is 13.0 Å². The molecule has 90 valence electrons. The molecule has 4 nitrogen and oxygen atoms in total. The first kappa shape index (κ1) is 13.1. The Kier molecular flexibility index (Phi) is 4.83. The second-order valence-corrected chi connectivity index (χ2v) is 4.33. The van der Waals surface area contributed by atoms with Crippen LogP contribution >= 0.6 is 11.6 Å². The van der Waals surface area contributed by atoms with Gasteiger partial charge in [-0.15, -0.1) is 0 Å². The first-order valence-electron chi connectivity index (χ1n) is 5.15. The van der Waals surface area contributed by atoms with E-state index in [1.807, 2.05) is 14.1 Å². The molecule has 0 atom stereocenters. The summed E-state index contributed by atoms with van der Waals surface area (Å²) in [6, 6.07) is 1.59. The van der Waals surface area contributed by atoms with Crippen LogP contribution in [0, 0.1) is 0 Å². The lowest BCUT2D eigenvalue weighted by Gasteiger charge is -2.17. The van der Waals surface area contributed by atoms with Crippen molar-refractivity contribution in [1.29, 1.82) is 0 Å². The van der Waals surface area contributed by atoms with Gasteiger partial charge in [-0.25, -0.2) is 0 Å². The molecule has 1 aromatic rings. The first-order valence-corrected chi connectivity index (χ1v) is 5.53. The average molecular weight is 245 g/mol. The zero-order chi connectivity index (χ0) is 12.1. The molecule has 16 heavy (non-hydrogen) atoms. The summed E-state index contributed by atoms with van der Waals surface area (Å²) in [5.41, 5.74) is 0.425. The topological polar surface area (TPSA) is 36.7 Å². The predicted molar refractivity (Wildman–Crippen MR) is 63.8 cm³/mol.